The van der Waals surface area contributed by atoms with Crippen LogP contribution in [0.5, 0.6) is 11.5 Å². The van der Waals surface area contributed by atoms with Crippen LogP contribution in [0.1, 0.15) is 11.3 Å². The first kappa shape index (κ1) is 18.1. The third-order valence-electron chi connectivity index (χ3n) is 3.66. The van der Waals surface area contributed by atoms with Gasteiger partial charge in [0.2, 0.25) is 0 Å². The number of nitrogens with zero attached hydrogens (tertiary/aromatic N) is 1. The molecule has 0 unspecified atom stereocenters. The monoisotopic (exact) mass is 393 g/mol. The van der Waals surface area contributed by atoms with Gasteiger partial charge in [0.15, 0.2) is 16.0 Å². The molecule has 0 amide bonds. The van der Waals surface area contributed by atoms with Gasteiger partial charge in [0.1, 0.15) is 0 Å². The number of para-hydroxylation sites is 2. The van der Waals surface area contributed by atoms with Gasteiger partial charge < -0.3 is 9.47 Å². The number of aromatic nitrogens is 1. The van der Waals surface area contributed by atoms with Crippen LogP contribution in [0.15, 0.2) is 48.5 Å². The van der Waals surface area contributed by atoms with Gasteiger partial charge in [-0.1, -0.05) is 47.5 Å². The van der Waals surface area contributed by atoms with Crippen LogP contribution in [0.25, 0.3) is 11.3 Å². The first-order chi connectivity index (χ1) is 12.2. The van der Waals surface area contributed by atoms with E-state index in [1.165, 1.54) is 11.3 Å². The Morgan fingerprint density at radius 1 is 1.00 bits per heavy atom. The average molecular weight is 394 g/mol. The Morgan fingerprint density at radius 3 is 2.44 bits per heavy atom. The average Bonchev–Trinajstić information content (AvgIpc) is 3.00. The van der Waals surface area contributed by atoms with Gasteiger partial charge in [-0.3, -0.25) is 0 Å². The lowest BCUT2D eigenvalue weighted by Crippen LogP contribution is -2.00. The fraction of sp³-hybridized carbons (Fsp3) is 0.211. The second kappa shape index (κ2) is 8.56. The summed E-state index contributed by atoms with van der Waals surface area (Å²) in [6.45, 7) is 0.593. The number of aryl methyl sites for hydroxylation is 1. The van der Waals surface area contributed by atoms with Crippen molar-refractivity contribution in [2.75, 3.05) is 13.7 Å². The van der Waals surface area contributed by atoms with Crippen molar-refractivity contribution in [2.24, 2.45) is 0 Å². The lowest BCUT2D eigenvalue weighted by molar-refractivity contribution is 0.290. The van der Waals surface area contributed by atoms with E-state index in [2.05, 4.69) is 4.98 Å². The van der Waals surface area contributed by atoms with Crippen LogP contribution >= 0.6 is 34.5 Å². The Kier molecular flexibility index (Phi) is 6.19. The van der Waals surface area contributed by atoms with Crippen molar-refractivity contribution >= 4 is 34.5 Å². The van der Waals surface area contributed by atoms with Crippen LogP contribution in [-0.2, 0) is 6.42 Å². The van der Waals surface area contributed by atoms with E-state index in [1.807, 2.05) is 48.5 Å². The van der Waals surface area contributed by atoms with E-state index in [1.54, 1.807) is 7.11 Å². The van der Waals surface area contributed by atoms with E-state index in [9.17, 15) is 0 Å². The molecule has 0 N–H and O–H groups in total. The third-order valence-corrected chi connectivity index (χ3v) is 5.14. The summed E-state index contributed by atoms with van der Waals surface area (Å²) in [6.07, 6.45) is 1.70. The molecule has 0 spiro atoms. The summed E-state index contributed by atoms with van der Waals surface area (Å²) in [5.41, 5.74) is 1.94. The second-order valence-corrected chi connectivity index (χ2v) is 7.45. The zero-order chi connectivity index (χ0) is 17.6. The SMILES string of the molecule is COc1ccccc1OCCCc1sc(Cl)nc1-c1ccc(Cl)cc1. The van der Waals surface area contributed by atoms with Crippen molar-refractivity contribution < 1.29 is 9.47 Å². The normalized spacial score (nSPS) is 10.7. The number of ether oxygens (including phenoxy) is 2. The third kappa shape index (κ3) is 4.66. The topological polar surface area (TPSA) is 31.4 Å². The standard InChI is InChI=1S/C19H17Cl2NO2S/c1-23-15-5-2-3-6-16(15)24-12-4-7-17-18(22-19(21)25-17)13-8-10-14(20)11-9-13/h2-3,5-6,8-11H,4,7,12H2,1H3. The number of halogens is 2. The quantitative estimate of drug-likeness (QED) is 0.451. The zero-order valence-corrected chi connectivity index (χ0v) is 16.0. The van der Waals surface area contributed by atoms with Crippen LogP contribution in [0.4, 0.5) is 0 Å². The molecule has 0 bridgehead atoms. The maximum Gasteiger partial charge on any atom is 0.184 e. The van der Waals surface area contributed by atoms with Gasteiger partial charge in [-0.25, -0.2) is 4.98 Å². The molecule has 0 saturated carbocycles. The second-order valence-electron chi connectivity index (χ2n) is 5.35. The van der Waals surface area contributed by atoms with Gasteiger partial charge in [0.05, 0.1) is 19.4 Å². The van der Waals surface area contributed by atoms with Gasteiger partial charge in [0, 0.05) is 15.5 Å². The molecule has 0 radical (unpaired) electrons. The highest BCUT2D eigenvalue weighted by Crippen LogP contribution is 2.32. The van der Waals surface area contributed by atoms with Crippen molar-refractivity contribution in [1.82, 2.24) is 4.98 Å². The first-order valence-corrected chi connectivity index (χ1v) is 9.41. The lowest BCUT2D eigenvalue weighted by atomic mass is 10.1. The van der Waals surface area contributed by atoms with Gasteiger partial charge >= 0.3 is 0 Å². The molecule has 0 atom stereocenters. The molecule has 3 nitrogen and oxygen atoms in total. The van der Waals surface area contributed by atoms with E-state index in [0.717, 1.165) is 40.5 Å². The van der Waals surface area contributed by atoms with E-state index in [-0.39, 0.29) is 0 Å². The fourth-order valence-electron chi connectivity index (χ4n) is 2.48. The molecule has 6 heteroatoms. The number of thiazole rings is 1. The van der Waals surface area contributed by atoms with E-state index in [0.29, 0.717) is 16.1 Å². The van der Waals surface area contributed by atoms with Gasteiger partial charge in [-0.05, 0) is 37.1 Å². The summed E-state index contributed by atoms with van der Waals surface area (Å²) in [5, 5.41) is 0.705. The van der Waals surface area contributed by atoms with Crippen LogP contribution in [0.3, 0.4) is 0 Å². The maximum absolute atomic E-state index is 6.13. The molecule has 2 aromatic carbocycles. The minimum Gasteiger partial charge on any atom is -0.493 e. The molecular weight excluding hydrogens is 377 g/mol. The van der Waals surface area contributed by atoms with E-state index >= 15 is 0 Å². The number of hydrogen-bond acceptors (Lipinski definition) is 4. The molecule has 1 aromatic heterocycles. The molecule has 0 aliphatic carbocycles. The molecule has 3 aromatic rings. The summed E-state index contributed by atoms with van der Waals surface area (Å²) in [5.74, 6) is 1.50. The van der Waals surface area contributed by atoms with E-state index in [4.69, 9.17) is 32.7 Å². The minimum atomic E-state index is 0.547. The molecule has 130 valence electrons. The summed E-state index contributed by atoms with van der Waals surface area (Å²) in [6, 6.07) is 15.3. The molecule has 0 aliphatic rings. The summed E-state index contributed by atoms with van der Waals surface area (Å²) < 4.78 is 11.7. The Bertz CT molecular complexity index is 834. The summed E-state index contributed by atoms with van der Waals surface area (Å²) in [7, 11) is 1.64. The van der Waals surface area contributed by atoms with Crippen molar-refractivity contribution in [3.8, 4) is 22.8 Å². The number of rotatable bonds is 7. The van der Waals surface area contributed by atoms with Crippen molar-refractivity contribution in [2.45, 2.75) is 12.8 Å². The number of methoxy groups -OCH3 is 1. The van der Waals surface area contributed by atoms with Gasteiger partial charge in [-0.15, -0.1) is 11.3 Å². The summed E-state index contributed by atoms with van der Waals surface area (Å²) in [4.78, 5) is 5.60. The largest absolute Gasteiger partial charge is 0.493 e. The number of hydrogen-bond donors (Lipinski definition) is 0. The number of benzene rings is 2. The first-order valence-electron chi connectivity index (χ1n) is 7.84. The highest BCUT2D eigenvalue weighted by molar-refractivity contribution is 7.16. The molecule has 0 fully saturated rings. The van der Waals surface area contributed by atoms with Gasteiger partial charge in [0.25, 0.3) is 0 Å². The zero-order valence-electron chi connectivity index (χ0n) is 13.7. The highest BCUT2D eigenvalue weighted by atomic mass is 35.5. The molecular formula is C19H17Cl2NO2S. The molecule has 0 saturated heterocycles. The van der Waals surface area contributed by atoms with Crippen molar-refractivity contribution in [1.29, 1.82) is 0 Å². The summed E-state index contributed by atoms with van der Waals surface area (Å²) >= 11 is 13.6. The Labute approximate surface area is 161 Å². The van der Waals surface area contributed by atoms with Crippen LogP contribution in [0, 0.1) is 0 Å². The fourth-order valence-corrected chi connectivity index (χ4v) is 3.82. The van der Waals surface area contributed by atoms with Crippen LogP contribution in [-0.4, -0.2) is 18.7 Å². The lowest BCUT2D eigenvalue weighted by Gasteiger charge is -2.10. The smallest absolute Gasteiger partial charge is 0.184 e. The van der Waals surface area contributed by atoms with E-state index < -0.39 is 0 Å². The molecule has 3 rings (SSSR count). The van der Waals surface area contributed by atoms with Crippen molar-refractivity contribution in [3.63, 3.8) is 0 Å². The molecule has 0 aliphatic heterocycles. The van der Waals surface area contributed by atoms with Crippen molar-refractivity contribution in [3.05, 3.63) is 62.9 Å². The van der Waals surface area contributed by atoms with Gasteiger partial charge in [-0.2, -0.15) is 0 Å². The predicted octanol–water partition coefficient (Wildman–Crippen LogP) is 6.14. The molecule has 1 heterocycles. The van der Waals surface area contributed by atoms with Crippen LogP contribution in [0.2, 0.25) is 9.49 Å². The maximum atomic E-state index is 6.13. The Hall–Kier alpha value is -1.75. The Morgan fingerprint density at radius 2 is 1.72 bits per heavy atom. The predicted molar refractivity (Wildman–Crippen MR) is 104 cm³/mol. The Balaban J connectivity index is 1.63. The van der Waals surface area contributed by atoms with Crippen LogP contribution < -0.4 is 9.47 Å². The highest BCUT2D eigenvalue weighted by Gasteiger charge is 2.12. The molecule has 25 heavy (non-hydrogen) atoms. The minimum absolute atomic E-state index is 0.547.